The van der Waals surface area contributed by atoms with Gasteiger partial charge >= 0.3 is 0 Å². The van der Waals surface area contributed by atoms with Gasteiger partial charge in [0.05, 0.1) is 0 Å². The molecule has 136 valence electrons. The summed E-state index contributed by atoms with van der Waals surface area (Å²) in [6.45, 7) is 4.30. The second-order valence-electron chi connectivity index (χ2n) is 6.79. The Balaban J connectivity index is 1.36. The summed E-state index contributed by atoms with van der Waals surface area (Å²) in [4.78, 5) is 28.8. The highest BCUT2D eigenvalue weighted by Crippen LogP contribution is 2.12. The molecule has 1 aliphatic heterocycles. The first-order valence-corrected chi connectivity index (χ1v) is 9.35. The van der Waals surface area contributed by atoms with Crippen LogP contribution < -0.4 is 0 Å². The first-order valence-electron chi connectivity index (χ1n) is 9.35. The van der Waals surface area contributed by atoms with Crippen molar-refractivity contribution in [3.8, 4) is 0 Å². The number of amides is 1. The Morgan fingerprint density at radius 3 is 2.04 bits per heavy atom. The van der Waals surface area contributed by atoms with Crippen molar-refractivity contribution < 1.29 is 9.59 Å². The number of ketones is 1. The van der Waals surface area contributed by atoms with E-state index in [0.29, 0.717) is 19.3 Å². The van der Waals surface area contributed by atoms with Gasteiger partial charge < -0.3 is 4.90 Å². The van der Waals surface area contributed by atoms with Crippen LogP contribution in [0, 0.1) is 0 Å². The van der Waals surface area contributed by atoms with Crippen LogP contribution in [0.3, 0.4) is 0 Å². The largest absolute Gasteiger partial charge is 0.340 e. The van der Waals surface area contributed by atoms with Crippen molar-refractivity contribution >= 4 is 11.7 Å². The predicted molar refractivity (Wildman–Crippen MR) is 103 cm³/mol. The summed E-state index contributed by atoms with van der Waals surface area (Å²) in [6.07, 6.45) is 1.51. The highest BCUT2D eigenvalue weighted by molar-refractivity contribution is 5.96. The van der Waals surface area contributed by atoms with Crippen LogP contribution >= 0.6 is 0 Å². The van der Waals surface area contributed by atoms with Gasteiger partial charge in [-0.3, -0.25) is 14.5 Å². The number of hydrogen-bond donors (Lipinski definition) is 0. The van der Waals surface area contributed by atoms with E-state index in [1.54, 1.807) is 0 Å². The fraction of sp³-hybridized carbons (Fsp3) is 0.364. The van der Waals surface area contributed by atoms with E-state index in [4.69, 9.17) is 0 Å². The Hall–Kier alpha value is -2.46. The third-order valence-electron chi connectivity index (χ3n) is 4.86. The van der Waals surface area contributed by atoms with E-state index >= 15 is 0 Å². The van der Waals surface area contributed by atoms with E-state index in [0.717, 1.165) is 38.3 Å². The van der Waals surface area contributed by atoms with E-state index < -0.39 is 0 Å². The summed E-state index contributed by atoms with van der Waals surface area (Å²) >= 11 is 0. The molecule has 0 unspecified atom stereocenters. The molecule has 0 atom stereocenters. The molecule has 4 nitrogen and oxygen atoms in total. The lowest BCUT2D eigenvalue weighted by atomic mass is 10.1. The number of benzene rings is 2. The van der Waals surface area contributed by atoms with Crippen LogP contribution in [0.5, 0.6) is 0 Å². The molecule has 1 heterocycles. The number of Topliss-reactive ketones (excluding diaryl/α,β-unsaturated/α-hetero) is 1. The van der Waals surface area contributed by atoms with Crippen molar-refractivity contribution in [3.63, 3.8) is 0 Å². The van der Waals surface area contributed by atoms with Gasteiger partial charge in [-0.05, 0) is 12.0 Å². The van der Waals surface area contributed by atoms with Crippen LogP contribution in [0.25, 0.3) is 0 Å². The fourth-order valence-corrected chi connectivity index (χ4v) is 3.32. The second kappa shape index (κ2) is 9.30. The van der Waals surface area contributed by atoms with Crippen molar-refractivity contribution in [1.82, 2.24) is 9.80 Å². The molecule has 0 aliphatic carbocycles. The Bertz CT molecular complexity index is 707. The lowest BCUT2D eigenvalue weighted by Gasteiger charge is -2.34. The Morgan fingerprint density at radius 2 is 1.38 bits per heavy atom. The average Bonchev–Trinajstić information content (AvgIpc) is 2.70. The number of carbonyl (C=O) groups is 2. The summed E-state index contributed by atoms with van der Waals surface area (Å²) in [5.74, 6) is 0.288. The van der Waals surface area contributed by atoms with E-state index in [2.05, 4.69) is 29.2 Å². The monoisotopic (exact) mass is 350 g/mol. The van der Waals surface area contributed by atoms with Crippen LogP contribution in [0.1, 0.15) is 35.2 Å². The highest BCUT2D eigenvalue weighted by atomic mass is 16.2. The summed E-state index contributed by atoms with van der Waals surface area (Å²) in [5.41, 5.74) is 2.04. The van der Waals surface area contributed by atoms with Crippen molar-refractivity contribution in [2.45, 2.75) is 25.8 Å². The maximum Gasteiger partial charge on any atom is 0.222 e. The zero-order valence-electron chi connectivity index (χ0n) is 15.1. The van der Waals surface area contributed by atoms with Crippen molar-refractivity contribution in [3.05, 3.63) is 71.8 Å². The normalized spacial score (nSPS) is 15.0. The molecule has 0 saturated carbocycles. The van der Waals surface area contributed by atoms with Gasteiger partial charge in [-0.25, -0.2) is 0 Å². The van der Waals surface area contributed by atoms with E-state index in [1.807, 2.05) is 41.3 Å². The SMILES string of the molecule is O=C(CCCC(=O)N1CCN(Cc2ccccc2)CC1)c1ccccc1. The van der Waals surface area contributed by atoms with Crippen LogP contribution in [-0.4, -0.2) is 47.7 Å². The van der Waals surface area contributed by atoms with Gasteiger partial charge in [-0.15, -0.1) is 0 Å². The van der Waals surface area contributed by atoms with Crippen LogP contribution in [-0.2, 0) is 11.3 Å². The number of rotatable bonds is 7. The van der Waals surface area contributed by atoms with Crippen LogP contribution in [0.2, 0.25) is 0 Å². The zero-order chi connectivity index (χ0) is 18.2. The van der Waals surface area contributed by atoms with Crippen molar-refractivity contribution in [2.24, 2.45) is 0 Å². The van der Waals surface area contributed by atoms with Gasteiger partial charge in [0.2, 0.25) is 5.91 Å². The van der Waals surface area contributed by atoms with Gasteiger partial charge in [-0.2, -0.15) is 0 Å². The minimum Gasteiger partial charge on any atom is -0.340 e. The number of carbonyl (C=O) groups excluding carboxylic acids is 2. The lowest BCUT2D eigenvalue weighted by molar-refractivity contribution is -0.133. The van der Waals surface area contributed by atoms with Crippen LogP contribution in [0.15, 0.2) is 60.7 Å². The average molecular weight is 350 g/mol. The minimum atomic E-state index is 0.117. The van der Waals surface area contributed by atoms with E-state index in [9.17, 15) is 9.59 Å². The Labute approximate surface area is 155 Å². The van der Waals surface area contributed by atoms with E-state index in [-0.39, 0.29) is 11.7 Å². The number of nitrogens with zero attached hydrogens (tertiary/aromatic N) is 2. The quantitative estimate of drug-likeness (QED) is 0.719. The topological polar surface area (TPSA) is 40.6 Å². The number of hydrogen-bond acceptors (Lipinski definition) is 3. The summed E-state index contributed by atoms with van der Waals surface area (Å²) < 4.78 is 0. The predicted octanol–water partition coefficient (Wildman–Crippen LogP) is 3.38. The molecule has 2 aromatic carbocycles. The summed E-state index contributed by atoms with van der Waals surface area (Å²) in [7, 11) is 0. The van der Waals surface area contributed by atoms with Crippen molar-refractivity contribution in [2.75, 3.05) is 26.2 Å². The molecule has 2 aromatic rings. The molecule has 3 rings (SSSR count). The summed E-state index contributed by atoms with van der Waals surface area (Å²) in [5, 5.41) is 0. The molecule has 0 bridgehead atoms. The van der Waals surface area contributed by atoms with Crippen molar-refractivity contribution in [1.29, 1.82) is 0 Å². The Morgan fingerprint density at radius 1 is 0.769 bits per heavy atom. The standard InChI is InChI=1S/C22H26N2O2/c25-21(20-10-5-2-6-11-20)12-7-13-22(26)24-16-14-23(15-17-24)18-19-8-3-1-4-9-19/h1-6,8-11H,7,12-18H2. The molecule has 4 heteroatoms. The molecule has 1 saturated heterocycles. The third kappa shape index (κ3) is 5.27. The molecule has 0 spiro atoms. The maximum atomic E-state index is 12.4. The molecular weight excluding hydrogens is 324 g/mol. The Kier molecular flexibility index (Phi) is 6.56. The first kappa shape index (κ1) is 18.3. The molecule has 1 aliphatic rings. The zero-order valence-corrected chi connectivity index (χ0v) is 15.1. The van der Waals surface area contributed by atoms with Gasteiger partial charge in [0.25, 0.3) is 0 Å². The van der Waals surface area contributed by atoms with E-state index in [1.165, 1.54) is 5.56 Å². The third-order valence-corrected chi connectivity index (χ3v) is 4.86. The van der Waals surface area contributed by atoms with Gasteiger partial charge in [0.1, 0.15) is 0 Å². The second-order valence-corrected chi connectivity index (χ2v) is 6.79. The van der Waals surface area contributed by atoms with Gasteiger partial charge in [0.15, 0.2) is 5.78 Å². The molecule has 1 amide bonds. The molecular formula is C22H26N2O2. The number of piperazine rings is 1. The van der Waals surface area contributed by atoms with Gasteiger partial charge in [0, 0.05) is 51.1 Å². The molecule has 0 radical (unpaired) electrons. The highest BCUT2D eigenvalue weighted by Gasteiger charge is 2.21. The molecule has 26 heavy (non-hydrogen) atoms. The molecule has 0 N–H and O–H groups in total. The molecule has 1 fully saturated rings. The van der Waals surface area contributed by atoms with Gasteiger partial charge in [-0.1, -0.05) is 60.7 Å². The smallest absolute Gasteiger partial charge is 0.222 e. The first-order chi connectivity index (χ1) is 12.7. The molecule has 0 aromatic heterocycles. The van der Waals surface area contributed by atoms with Crippen LogP contribution in [0.4, 0.5) is 0 Å². The maximum absolute atomic E-state index is 12.4. The minimum absolute atomic E-state index is 0.117. The fourth-order valence-electron chi connectivity index (χ4n) is 3.32. The lowest BCUT2D eigenvalue weighted by Crippen LogP contribution is -2.48. The summed E-state index contributed by atoms with van der Waals surface area (Å²) in [6, 6.07) is 19.7.